The lowest BCUT2D eigenvalue weighted by molar-refractivity contribution is -0.384. The number of nitrogens with zero attached hydrogens (tertiary/aromatic N) is 2. The number of rotatable bonds is 7. The number of fused-ring (bicyclic) bond motifs is 1. The van der Waals surface area contributed by atoms with Gasteiger partial charge in [0.15, 0.2) is 0 Å². The molecule has 0 aliphatic carbocycles. The van der Waals surface area contributed by atoms with Crippen LogP contribution in [0.4, 0.5) is 10.5 Å². The summed E-state index contributed by atoms with van der Waals surface area (Å²) in [5.41, 5.74) is -0.765. The number of nitrogens with one attached hydrogen (secondary N) is 1. The Morgan fingerprint density at radius 2 is 1.84 bits per heavy atom. The van der Waals surface area contributed by atoms with E-state index in [1.165, 1.54) is 24.3 Å². The average Bonchev–Trinajstić information content (AvgIpc) is 3.01. The molecule has 1 saturated heterocycles. The Balaban J connectivity index is 1.45. The Kier molecular flexibility index (Phi) is 5.50. The predicted molar refractivity (Wildman–Crippen MR) is 116 cm³/mol. The van der Waals surface area contributed by atoms with E-state index in [0.29, 0.717) is 5.56 Å². The number of nitro benzene ring substituents is 1. The third-order valence-electron chi connectivity index (χ3n) is 5.47. The summed E-state index contributed by atoms with van der Waals surface area (Å²) in [7, 11) is 0. The number of urea groups is 1. The molecule has 164 valence electrons. The van der Waals surface area contributed by atoms with Crippen molar-refractivity contribution in [2.45, 2.75) is 18.6 Å². The van der Waals surface area contributed by atoms with Crippen LogP contribution in [-0.2, 0) is 10.3 Å². The first kappa shape index (κ1) is 21.3. The Labute approximate surface area is 183 Å². The van der Waals surface area contributed by atoms with Crippen molar-refractivity contribution in [3.63, 3.8) is 0 Å². The molecular formula is C23H21N3O6. The Morgan fingerprint density at radius 3 is 2.59 bits per heavy atom. The molecule has 9 nitrogen and oxygen atoms in total. The maximum atomic E-state index is 13.1. The molecule has 0 saturated carbocycles. The van der Waals surface area contributed by atoms with Gasteiger partial charge in [0.05, 0.1) is 17.5 Å². The highest BCUT2D eigenvalue weighted by Gasteiger charge is 2.49. The van der Waals surface area contributed by atoms with Gasteiger partial charge < -0.3 is 15.2 Å². The molecular weight excluding hydrogens is 414 g/mol. The first-order valence-corrected chi connectivity index (χ1v) is 9.96. The van der Waals surface area contributed by atoms with Gasteiger partial charge in [0.1, 0.15) is 24.0 Å². The molecule has 2 atom stereocenters. The normalized spacial score (nSPS) is 19.1. The lowest BCUT2D eigenvalue weighted by Gasteiger charge is -2.23. The predicted octanol–water partition coefficient (Wildman–Crippen LogP) is 2.95. The molecule has 32 heavy (non-hydrogen) atoms. The zero-order valence-electron chi connectivity index (χ0n) is 17.2. The summed E-state index contributed by atoms with van der Waals surface area (Å²) < 4.78 is 5.40. The second-order valence-corrected chi connectivity index (χ2v) is 7.75. The van der Waals surface area contributed by atoms with Crippen LogP contribution in [0, 0.1) is 10.1 Å². The van der Waals surface area contributed by atoms with Crippen molar-refractivity contribution in [1.29, 1.82) is 0 Å². The molecule has 0 radical (unpaired) electrons. The molecule has 0 aromatic heterocycles. The van der Waals surface area contributed by atoms with E-state index >= 15 is 0 Å². The molecule has 3 aromatic carbocycles. The van der Waals surface area contributed by atoms with E-state index in [2.05, 4.69) is 5.32 Å². The van der Waals surface area contributed by atoms with Gasteiger partial charge in [0.2, 0.25) is 0 Å². The lowest BCUT2D eigenvalue weighted by atomic mass is 9.90. The molecule has 0 bridgehead atoms. The van der Waals surface area contributed by atoms with Crippen molar-refractivity contribution >= 4 is 28.4 Å². The molecule has 3 amide bonds. The molecule has 2 unspecified atom stereocenters. The van der Waals surface area contributed by atoms with Crippen LogP contribution >= 0.6 is 0 Å². The van der Waals surface area contributed by atoms with Crippen molar-refractivity contribution < 1.29 is 24.4 Å². The van der Waals surface area contributed by atoms with Crippen molar-refractivity contribution in [1.82, 2.24) is 10.2 Å². The largest absolute Gasteiger partial charge is 0.491 e. The number of β-amino-alcohol motifs (C(OH)–C–C–N with tert-alkyl or cyclic N) is 1. The van der Waals surface area contributed by atoms with E-state index in [4.69, 9.17) is 4.74 Å². The number of imide groups is 1. The minimum Gasteiger partial charge on any atom is -0.491 e. The third-order valence-corrected chi connectivity index (χ3v) is 5.47. The van der Waals surface area contributed by atoms with Gasteiger partial charge in [-0.05, 0) is 35.4 Å². The van der Waals surface area contributed by atoms with Crippen molar-refractivity contribution in [2.75, 3.05) is 13.2 Å². The number of carbonyl (C=O) groups is 2. The van der Waals surface area contributed by atoms with E-state index in [0.717, 1.165) is 15.7 Å². The van der Waals surface area contributed by atoms with Gasteiger partial charge in [0, 0.05) is 6.07 Å². The van der Waals surface area contributed by atoms with E-state index < -0.39 is 28.5 Å². The van der Waals surface area contributed by atoms with Crippen LogP contribution in [0.3, 0.4) is 0 Å². The summed E-state index contributed by atoms with van der Waals surface area (Å²) in [4.78, 5) is 36.9. The number of ether oxygens (including phenoxy) is 1. The lowest BCUT2D eigenvalue weighted by Crippen LogP contribution is -2.42. The molecule has 4 rings (SSSR count). The summed E-state index contributed by atoms with van der Waals surface area (Å²) in [5, 5.41) is 25.9. The maximum absolute atomic E-state index is 13.1. The Hall–Kier alpha value is -3.98. The molecule has 1 aliphatic rings. The van der Waals surface area contributed by atoms with Gasteiger partial charge >= 0.3 is 6.03 Å². The van der Waals surface area contributed by atoms with Gasteiger partial charge in [-0.15, -0.1) is 0 Å². The summed E-state index contributed by atoms with van der Waals surface area (Å²) in [6, 6.07) is 18.2. The van der Waals surface area contributed by atoms with E-state index in [-0.39, 0.29) is 24.6 Å². The second kappa shape index (κ2) is 8.27. The number of hydrogen-bond donors (Lipinski definition) is 2. The molecule has 9 heteroatoms. The van der Waals surface area contributed by atoms with Crippen LogP contribution < -0.4 is 10.1 Å². The fraction of sp³-hybridized carbons (Fsp3) is 0.217. The fourth-order valence-corrected chi connectivity index (χ4v) is 3.70. The highest BCUT2D eigenvalue weighted by atomic mass is 16.6. The smallest absolute Gasteiger partial charge is 0.325 e. The number of aliphatic hydroxyl groups is 1. The minimum absolute atomic E-state index is 0.141. The van der Waals surface area contributed by atoms with Gasteiger partial charge in [-0.2, -0.15) is 0 Å². The molecule has 1 heterocycles. The zero-order valence-corrected chi connectivity index (χ0v) is 17.2. The quantitative estimate of drug-likeness (QED) is 0.334. The number of nitro groups is 1. The summed E-state index contributed by atoms with van der Waals surface area (Å²) in [6.07, 6.45) is -1.18. The average molecular weight is 435 g/mol. The third kappa shape index (κ3) is 3.97. The summed E-state index contributed by atoms with van der Waals surface area (Å²) in [5.74, 6) is -0.274. The van der Waals surface area contributed by atoms with Crippen molar-refractivity contribution in [2.24, 2.45) is 0 Å². The van der Waals surface area contributed by atoms with Crippen molar-refractivity contribution in [3.05, 3.63) is 82.4 Å². The monoisotopic (exact) mass is 435 g/mol. The van der Waals surface area contributed by atoms with Gasteiger partial charge in [-0.3, -0.25) is 19.8 Å². The highest BCUT2D eigenvalue weighted by Crippen LogP contribution is 2.31. The van der Waals surface area contributed by atoms with Gasteiger partial charge in [0.25, 0.3) is 11.6 Å². The first-order chi connectivity index (χ1) is 15.3. The van der Waals surface area contributed by atoms with Crippen LogP contribution in [0.25, 0.3) is 10.8 Å². The number of aliphatic hydroxyl groups excluding tert-OH is 1. The number of hydrogen-bond acceptors (Lipinski definition) is 6. The van der Waals surface area contributed by atoms with Crippen molar-refractivity contribution in [3.8, 4) is 5.75 Å². The Bertz CT molecular complexity index is 1210. The zero-order chi connectivity index (χ0) is 22.9. The molecule has 1 aliphatic heterocycles. The number of benzene rings is 3. The van der Waals surface area contributed by atoms with E-state index in [9.17, 15) is 24.8 Å². The fourth-order valence-electron chi connectivity index (χ4n) is 3.70. The second-order valence-electron chi connectivity index (χ2n) is 7.75. The molecule has 1 fully saturated rings. The van der Waals surface area contributed by atoms with Crippen LogP contribution in [0.15, 0.2) is 66.7 Å². The standard InChI is InChI=1S/C23H21N3O6/c1-23(17-10-9-15-5-2-3-6-16(15)11-17)21(28)25(22(29)24-23)13-19(27)14-32-20-8-4-7-18(12-20)26(30)31/h2-12,19,27H,13-14H2,1H3,(H,24,29). The van der Waals surface area contributed by atoms with Crippen LogP contribution in [0.2, 0.25) is 0 Å². The highest BCUT2D eigenvalue weighted by molar-refractivity contribution is 6.07. The topological polar surface area (TPSA) is 122 Å². The summed E-state index contributed by atoms with van der Waals surface area (Å²) >= 11 is 0. The number of carbonyl (C=O) groups excluding carboxylic acids is 2. The van der Waals surface area contributed by atoms with Gasteiger partial charge in [-0.1, -0.05) is 42.5 Å². The van der Waals surface area contributed by atoms with E-state index in [1.807, 2.05) is 36.4 Å². The number of non-ortho nitro benzene ring substituents is 1. The maximum Gasteiger partial charge on any atom is 0.325 e. The SMILES string of the molecule is CC1(c2ccc3ccccc3c2)NC(=O)N(CC(O)COc2cccc([N+](=O)[O-])c2)C1=O. The van der Waals surface area contributed by atoms with Crippen LogP contribution in [0.1, 0.15) is 12.5 Å². The Morgan fingerprint density at radius 1 is 1.09 bits per heavy atom. The van der Waals surface area contributed by atoms with Gasteiger partial charge in [-0.25, -0.2) is 4.79 Å². The minimum atomic E-state index is -1.26. The summed E-state index contributed by atoms with van der Waals surface area (Å²) in [6.45, 7) is 1.11. The van der Waals surface area contributed by atoms with Crippen LogP contribution in [0.5, 0.6) is 5.75 Å². The molecule has 3 aromatic rings. The molecule has 0 spiro atoms. The van der Waals surface area contributed by atoms with E-state index in [1.54, 1.807) is 13.0 Å². The van der Waals surface area contributed by atoms with Crippen LogP contribution in [-0.4, -0.2) is 46.1 Å². The number of amides is 3. The molecule has 2 N–H and O–H groups in total. The first-order valence-electron chi connectivity index (χ1n) is 9.96.